The fraction of sp³-hybridized carbons (Fsp3) is 1.00. The first kappa shape index (κ1) is 8.27. The second kappa shape index (κ2) is 3.33. The van der Waals surface area contributed by atoms with Crippen LogP contribution in [0.2, 0.25) is 0 Å². The van der Waals surface area contributed by atoms with Gasteiger partial charge >= 0.3 is 48.5 Å². The zero-order valence-electron chi connectivity index (χ0n) is 5.30. The number of hydrogen-bond donors (Lipinski definition) is 1. The Balaban J connectivity index is 3.58. The summed E-state index contributed by atoms with van der Waals surface area (Å²) in [6, 6.07) is 0. The van der Waals surface area contributed by atoms with Crippen LogP contribution in [0.5, 0.6) is 0 Å². The molecule has 4 nitrogen and oxygen atoms in total. The van der Waals surface area contributed by atoms with E-state index >= 15 is 0 Å². The second-order valence-corrected chi connectivity index (χ2v) is 3.65. The molecule has 8 heavy (non-hydrogen) atoms. The molecule has 0 aromatic carbocycles. The Kier molecular flexibility index (Phi) is 3.44. The Morgan fingerprint density at radius 1 is 1.00 bits per heavy atom. The maximum absolute atomic E-state index is 5.37. The van der Waals surface area contributed by atoms with Crippen molar-refractivity contribution >= 4 is 8.09 Å². The Hall–Kier alpha value is 0.270. The molecule has 0 aliphatic heterocycles. The van der Waals surface area contributed by atoms with Gasteiger partial charge < -0.3 is 0 Å². The van der Waals surface area contributed by atoms with Gasteiger partial charge in [0.05, 0.1) is 0 Å². The molecule has 52 valence electrons. The van der Waals surface area contributed by atoms with Gasteiger partial charge in [-0.05, 0) is 0 Å². The maximum atomic E-state index is 5.37. The van der Waals surface area contributed by atoms with Crippen LogP contribution in [0, 0.1) is 0 Å². The van der Waals surface area contributed by atoms with Gasteiger partial charge in [-0.2, -0.15) is 0 Å². The Morgan fingerprint density at radius 3 is 1.25 bits per heavy atom. The number of rotatable bonds is 3. The molecule has 0 aliphatic rings. The van der Waals surface area contributed by atoms with Crippen LogP contribution < -0.4 is 5.50 Å². The van der Waals surface area contributed by atoms with Crippen LogP contribution in [-0.4, -0.2) is 21.3 Å². The van der Waals surface area contributed by atoms with Crippen LogP contribution in [0.3, 0.4) is 0 Å². The van der Waals surface area contributed by atoms with Crippen LogP contribution in [0.25, 0.3) is 0 Å². The van der Waals surface area contributed by atoms with Gasteiger partial charge in [0.1, 0.15) is 0 Å². The molecule has 0 heterocycles. The molecule has 0 bridgehead atoms. The third kappa shape index (κ3) is 2.03. The summed E-state index contributed by atoms with van der Waals surface area (Å²) in [5.74, 6) is 0. The molecule has 2 N–H and O–H groups in total. The summed E-state index contributed by atoms with van der Waals surface area (Å²) in [6.07, 6.45) is 0. The molecule has 0 unspecified atom stereocenters. The Bertz CT molecular complexity index is 57.3. The van der Waals surface area contributed by atoms with Crippen LogP contribution in [0.4, 0.5) is 0 Å². The molecule has 0 saturated heterocycles. The molecular weight excluding hydrogens is 129 g/mol. The SMILES string of the molecule is CO[PH](N)(OC)OC. The zero-order valence-corrected chi connectivity index (χ0v) is 6.30. The third-order valence-corrected chi connectivity index (χ3v) is 2.56. The summed E-state index contributed by atoms with van der Waals surface area (Å²) < 4.78 is 14.1. The van der Waals surface area contributed by atoms with Gasteiger partial charge in [0, 0.05) is 0 Å². The molecule has 0 rings (SSSR count). The first-order chi connectivity index (χ1) is 3.68. The van der Waals surface area contributed by atoms with Gasteiger partial charge in [0.2, 0.25) is 0 Å². The van der Waals surface area contributed by atoms with Gasteiger partial charge in [-0.15, -0.1) is 0 Å². The summed E-state index contributed by atoms with van der Waals surface area (Å²) >= 11 is 0. The van der Waals surface area contributed by atoms with E-state index in [1.807, 2.05) is 0 Å². The molecule has 0 aromatic rings. The third-order valence-electron chi connectivity index (χ3n) is 0.854. The van der Waals surface area contributed by atoms with Crippen molar-refractivity contribution in [1.29, 1.82) is 0 Å². The molecule has 5 heteroatoms. The predicted molar refractivity (Wildman–Crippen MR) is 33.5 cm³/mol. The van der Waals surface area contributed by atoms with Crippen molar-refractivity contribution < 1.29 is 13.6 Å². The molecule has 0 spiro atoms. The van der Waals surface area contributed by atoms with E-state index in [4.69, 9.17) is 19.1 Å². The van der Waals surface area contributed by atoms with Crippen LogP contribution in [-0.2, 0) is 13.6 Å². The van der Waals surface area contributed by atoms with Crippen LogP contribution in [0.15, 0.2) is 0 Å². The van der Waals surface area contributed by atoms with Crippen LogP contribution >= 0.6 is 8.09 Å². The molecule has 0 saturated carbocycles. The zero-order chi connectivity index (χ0) is 6.62. The van der Waals surface area contributed by atoms with Gasteiger partial charge in [0.15, 0.2) is 0 Å². The topological polar surface area (TPSA) is 53.7 Å². The van der Waals surface area contributed by atoms with E-state index in [0.29, 0.717) is 0 Å². The van der Waals surface area contributed by atoms with Crippen molar-refractivity contribution in [3.8, 4) is 0 Å². The Morgan fingerprint density at radius 2 is 1.25 bits per heavy atom. The summed E-state index contributed by atoms with van der Waals surface area (Å²) in [5, 5.41) is 0. The minimum absolute atomic E-state index is 1.46. The minimum atomic E-state index is -2.67. The summed E-state index contributed by atoms with van der Waals surface area (Å²) in [4.78, 5) is 0. The summed E-state index contributed by atoms with van der Waals surface area (Å²) in [6.45, 7) is 0. The molecule has 0 fully saturated rings. The summed E-state index contributed by atoms with van der Waals surface area (Å²) in [5.41, 5.74) is 5.37. The number of nitrogens with two attached hydrogens (primary N) is 1. The Labute approximate surface area is 49.6 Å². The van der Waals surface area contributed by atoms with Gasteiger partial charge in [-0.1, -0.05) is 0 Å². The van der Waals surface area contributed by atoms with Gasteiger partial charge in [0.25, 0.3) is 0 Å². The van der Waals surface area contributed by atoms with E-state index in [1.165, 1.54) is 21.3 Å². The summed E-state index contributed by atoms with van der Waals surface area (Å²) in [7, 11) is 1.70. The van der Waals surface area contributed by atoms with Gasteiger partial charge in [-0.25, -0.2) is 0 Å². The fourth-order valence-corrected chi connectivity index (χ4v) is 0.750. The van der Waals surface area contributed by atoms with E-state index in [1.54, 1.807) is 0 Å². The standard InChI is InChI=1S/C3H12NO3P/c1-5-8(4,6-2)7-3/h8H,4H2,1-3H3. The van der Waals surface area contributed by atoms with E-state index in [-0.39, 0.29) is 0 Å². The molecule has 0 atom stereocenters. The molecular formula is C3H12NO3P. The van der Waals surface area contributed by atoms with Crippen molar-refractivity contribution in [2.24, 2.45) is 5.50 Å². The average molecular weight is 141 g/mol. The first-order valence-corrected chi connectivity index (χ1v) is 3.93. The first-order valence-electron chi connectivity index (χ1n) is 2.13. The van der Waals surface area contributed by atoms with Crippen molar-refractivity contribution in [2.45, 2.75) is 0 Å². The monoisotopic (exact) mass is 141 g/mol. The van der Waals surface area contributed by atoms with E-state index < -0.39 is 8.09 Å². The van der Waals surface area contributed by atoms with E-state index in [2.05, 4.69) is 0 Å². The van der Waals surface area contributed by atoms with Crippen molar-refractivity contribution in [2.75, 3.05) is 21.3 Å². The van der Waals surface area contributed by atoms with Crippen molar-refractivity contribution in [1.82, 2.24) is 0 Å². The molecule has 0 aromatic heterocycles. The fourth-order valence-electron chi connectivity index (χ4n) is 0.250. The quantitative estimate of drug-likeness (QED) is 0.574. The van der Waals surface area contributed by atoms with E-state index in [9.17, 15) is 0 Å². The van der Waals surface area contributed by atoms with Crippen molar-refractivity contribution in [3.05, 3.63) is 0 Å². The second-order valence-electron chi connectivity index (χ2n) is 1.22. The van der Waals surface area contributed by atoms with Gasteiger partial charge in [-0.3, -0.25) is 0 Å². The molecule has 0 amide bonds. The normalized spacial score (nSPS) is 14.0. The predicted octanol–water partition coefficient (Wildman–Crippen LogP) is 0.294. The average Bonchev–Trinajstić information content (AvgIpc) is 1.87. The number of hydrogen-bond acceptors (Lipinski definition) is 4. The van der Waals surface area contributed by atoms with Crippen molar-refractivity contribution in [3.63, 3.8) is 0 Å². The molecule has 0 aliphatic carbocycles. The van der Waals surface area contributed by atoms with Crippen LogP contribution in [0.1, 0.15) is 0 Å². The molecule has 0 radical (unpaired) electrons. The van der Waals surface area contributed by atoms with E-state index in [0.717, 1.165) is 0 Å².